The van der Waals surface area contributed by atoms with Crippen LogP contribution in [0.5, 0.6) is 0 Å². The van der Waals surface area contributed by atoms with Crippen LogP contribution in [0.4, 0.5) is 5.69 Å². The van der Waals surface area contributed by atoms with Crippen LogP contribution in [0.15, 0.2) is 40.8 Å². The lowest BCUT2D eigenvalue weighted by atomic mass is 9.49. The summed E-state index contributed by atoms with van der Waals surface area (Å²) in [4.78, 5) is 17.6. The van der Waals surface area contributed by atoms with Crippen molar-refractivity contribution in [2.45, 2.75) is 51.9 Å². The standard InChI is InChI=1S/C26H27ClN2O2/c1-15-2-5-23-22(6-15)29-25(31-23)20-10-19(3-4-21(20)27)28-24(30)14-26-11-16-7-17(12-26)9-18(8-16)13-26/h2-6,10,16-18H,7-9,11-14H2,1H3,(H,28,30). The molecule has 4 bridgehead atoms. The predicted octanol–water partition coefficient (Wildman–Crippen LogP) is 7.00. The van der Waals surface area contributed by atoms with E-state index in [2.05, 4.69) is 10.3 Å². The summed E-state index contributed by atoms with van der Waals surface area (Å²) in [5.41, 5.74) is 4.33. The molecule has 0 unspecified atom stereocenters. The maximum atomic E-state index is 13.0. The summed E-state index contributed by atoms with van der Waals surface area (Å²) >= 11 is 6.46. The minimum atomic E-state index is 0.114. The molecular formula is C26H27ClN2O2. The maximum absolute atomic E-state index is 13.0. The van der Waals surface area contributed by atoms with Gasteiger partial charge >= 0.3 is 0 Å². The highest BCUT2D eigenvalue weighted by molar-refractivity contribution is 6.33. The first-order chi connectivity index (χ1) is 14.9. The second-order valence-corrected chi connectivity index (χ2v) is 10.7. The second kappa shape index (κ2) is 7.09. The smallest absolute Gasteiger partial charge is 0.228 e. The number of hydrogen-bond donors (Lipinski definition) is 1. The summed E-state index contributed by atoms with van der Waals surface area (Å²) in [5, 5.41) is 3.69. The fraction of sp³-hybridized carbons (Fsp3) is 0.462. The number of amides is 1. The van der Waals surface area contributed by atoms with Gasteiger partial charge in [-0.25, -0.2) is 4.98 Å². The Hall–Kier alpha value is -2.33. The number of rotatable bonds is 4. The van der Waals surface area contributed by atoms with E-state index in [0.717, 1.165) is 40.1 Å². The molecule has 31 heavy (non-hydrogen) atoms. The van der Waals surface area contributed by atoms with E-state index in [9.17, 15) is 4.79 Å². The summed E-state index contributed by atoms with van der Waals surface area (Å²) in [6.07, 6.45) is 8.53. The maximum Gasteiger partial charge on any atom is 0.228 e. The lowest BCUT2D eigenvalue weighted by Gasteiger charge is -2.56. The van der Waals surface area contributed by atoms with Crippen molar-refractivity contribution >= 4 is 34.3 Å². The van der Waals surface area contributed by atoms with Gasteiger partial charge in [0, 0.05) is 12.1 Å². The van der Waals surface area contributed by atoms with Crippen LogP contribution in [0.25, 0.3) is 22.6 Å². The van der Waals surface area contributed by atoms with Crippen LogP contribution in [0.3, 0.4) is 0 Å². The molecule has 4 nitrogen and oxygen atoms in total. The molecule has 5 heteroatoms. The second-order valence-electron chi connectivity index (χ2n) is 10.3. The fourth-order valence-electron chi connectivity index (χ4n) is 6.97. The van der Waals surface area contributed by atoms with E-state index in [1.54, 1.807) is 6.07 Å². The Kier molecular flexibility index (Phi) is 4.43. The van der Waals surface area contributed by atoms with Crippen LogP contribution >= 0.6 is 11.6 Å². The van der Waals surface area contributed by atoms with Crippen molar-refractivity contribution in [1.29, 1.82) is 0 Å². The van der Waals surface area contributed by atoms with E-state index in [4.69, 9.17) is 16.0 Å². The Bertz CT molecular complexity index is 1150. The third-order valence-electron chi connectivity index (χ3n) is 7.72. The van der Waals surface area contributed by atoms with Gasteiger partial charge in [-0.3, -0.25) is 4.79 Å². The van der Waals surface area contributed by atoms with Gasteiger partial charge in [0.1, 0.15) is 5.52 Å². The highest BCUT2D eigenvalue weighted by atomic mass is 35.5. The number of anilines is 1. The van der Waals surface area contributed by atoms with Crippen molar-refractivity contribution in [1.82, 2.24) is 4.98 Å². The normalized spacial score (nSPS) is 28.9. The number of aromatic nitrogens is 1. The van der Waals surface area contributed by atoms with Gasteiger partial charge in [0.15, 0.2) is 5.58 Å². The molecule has 0 saturated heterocycles. The Morgan fingerprint density at radius 2 is 1.81 bits per heavy atom. The van der Waals surface area contributed by atoms with Crippen LogP contribution in [-0.4, -0.2) is 10.9 Å². The minimum Gasteiger partial charge on any atom is -0.436 e. The minimum absolute atomic E-state index is 0.114. The van der Waals surface area contributed by atoms with Crippen LogP contribution < -0.4 is 5.32 Å². The zero-order valence-corrected chi connectivity index (χ0v) is 18.5. The van der Waals surface area contributed by atoms with E-state index in [-0.39, 0.29) is 11.3 Å². The Balaban J connectivity index is 1.22. The van der Waals surface area contributed by atoms with Gasteiger partial charge in [-0.15, -0.1) is 0 Å². The van der Waals surface area contributed by atoms with E-state index in [1.807, 2.05) is 37.3 Å². The average molecular weight is 435 g/mol. The van der Waals surface area contributed by atoms with Crippen molar-refractivity contribution in [3.63, 3.8) is 0 Å². The largest absolute Gasteiger partial charge is 0.436 e. The molecule has 0 atom stereocenters. The first-order valence-electron chi connectivity index (χ1n) is 11.4. The molecule has 7 rings (SSSR count). The predicted molar refractivity (Wildman–Crippen MR) is 123 cm³/mol. The van der Waals surface area contributed by atoms with Gasteiger partial charge in [-0.2, -0.15) is 0 Å². The zero-order chi connectivity index (χ0) is 21.2. The first-order valence-corrected chi connectivity index (χ1v) is 11.8. The molecule has 1 heterocycles. The van der Waals surface area contributed by atoms with Gasteiger partial charge in [-0.05, 0) is 105 Å². The number of benzene rings is 2. The van der Waals surface area contributed by atoms with Gasteiger partial charge in [0.05, 0.1) is 10.6 Å². The summed E-state index contributed by atoms with van der Waals surface area (Å²) in [6.45, 7) is 2.03. The van der Waals surface area contributed by atoms with Gasteiger partial charge in [0.2, 0.25) is 11.8 Å². The highest BCUT2D eigenvalue weighted by Crippen LogP contribution is 2.61. The van der Waals surface area contributed by atoms with E-state index >= 15 is 0 Å². The average Bonchev–Trinajstić information content (AvgIpc) is 3.10. The number of hydrogen-bond acceptors (Lipinski definition) is 3. The number of fused-ring (bicyclic) bond motifs is 1. The number of nitrogens with one attached hydrogen (secondary N) is 1. The molecule has 2 aromatic carbocycles. The molecule has 0 aliphatic heterocycles. The van der Waals surface area contributed by atoms with Crippen molar-refractivity contribution < 1.29 is 9.21 Å². The van der Waals surface area contributed by atoms with Gasteiger partial charge in [0.25, 0.3) is 0 Å². The molecule has 0 radical (unpaired) electrons. The highest BCUT2D eigenvalue weighted by Gasteiger charge is 2.51. The summed E-state index contributed by atoms with van der Waals surface area (Å²) in [5.74, 6) is 3.14. The fourth-order valence-corrected chi connectivity index (χ4v) is 7.17. The number of carbonyl (C=O) groups is 1. The lowest BCUT2D eigenvalue weighted by molar-refractivity contribution is -0.124. The summed E-state index contributed by atoms with van der Waals surface area (Å²) in [7, 11) is 0. The number of aryl methyl sites for hydroxylation is 1. The third kappa shape index (κ3) is 3.55. The Morgan fingerprint density at radius 1 is 1.10 bits per heavy atom. The van der Waals surface area contributed by atoms with Crippen LogP contribution in [0.2, 0.25) is 5.02 Å². The molecule has 4 aliphatic carbocycles. The van der Waals surface area contributed by atoms with Crippen molar-refractivity contribution in [2.24, 2.45) is 23.2 Å². The van der Waals surface area contributed by atoms with Gasteiger partial charge < -0.3 is 9.73 Å². The molecule has 0 spiro atoms. The lowest BCUT2D eigenvalue weighted by Crippen LogP contribution is -2.47. The number of nitrogens with zero attached hydrogens (tertiary/aromatic N) is 1. The summed E-state index contributed by atoms with van der Waals surface area (Å²) < 4.78 is 5.93. The van der Waals surface area contributed by atoms with Crippen molar-refractivity contribution in [3.05, 3.63) is 47.0 Å². The summed E-state index contributed by atoms with van der Waals surface area (Å²) in [6, 6.07) is 11.4. The number of oxazole rings is 1. The van der Waals surface area contributed by atoms with Crippen LogP contribution in [0.1, 0.15) is 50.5 Å². The number of carbonyl (C=O) groups excluding carboxylic acids is 1. The van der Waals surface area contributed by atoms with Gasteiger partial charge in [-0.1, -0.05) is 17.7 Å². The Morgan fingerprint density at radius 3 is 2.52 bits per heavy atom. The molecule has 4 saturated carbocycles. The van der Waals surface area contributed by atoms with Crippen LogP contribution in [0, 0.1) is 30.1 Å². The number of halogens is 1. The van der Waals surface area contributed by atoms with Crippen LogP contribution in [-0.2, 0) is 4.79 Å². The molecule has 160 valence electrons. The molecule has 4 aliphatic rings. The molecule has 3 aromatic rings. The molecule has 1 aromatic heterocycles. The Labute approximate surface area is 187 Å². The first kappa shape index (κ1) is 19.4. The van der Waals surface area contributed by atoms with E-state index in [1.165, 1.54) is 38.5 Å². The quantitative estimate of drug-likeness (QED) is 0.480. The molecular weight excluding hydrogens is 408 g/mol. The van der Waals surface area contributed by atoms with Crippen molar-refractivity contribution in [2.75, 3.05) is 5.32 Å². The van der Waals surface area contributed by atoms with E-state index in [0.29, 0.717) is 22.9 Å². The van der Waals surface area contributed by atoms with E-state index < -0.39 is 0 Å². The van der Waals surface area contributed by atoms with Crippen molar-refractivity contribution in [3.8, 4) is 11.5 Å². The monoisotopic (exact) mass is 434 g/mol. The topological polar surface area (TPSA) is 55.1 Å². The molecule has 4 fully saturated rings. The SMILES string of the molecule is Cc1ccc2oc(-c3cc(NC(=O)CC45CC6CC(CC(C6)C4)C5)ccc3Cl)nc2c1. The molecule has 1 N–H and O–H groups in total. The molecule has 1 amide bonds. The third-order valence-corrected chi connectivity index (χ3v) is 8.05. The zero-order valence-electron chi connectivity index (χ0n) is 17.8.